The summed E-state index contributed by atoms with van der Waals surface area (Å²) in [5, 5.41) is 9.19. The number of hydrogen-bond acceptors (Lipinski definition) is 3. The number of hydrogen-bond donors (Lipinski definition) is 1. The van der Waals surface area contributed by atoms with Crippen molar-refractivity contribution in [1.82, 2.24) is 0 Å². The molecule has 21 heavy (non-hydrogen) atoms. The highest BCUT2D eigenvalue weighted by Gasteiger charge is 2.17. The number of ether oxygens (including phenoxy) is 2. The van der Waals surface area contributed by atoms with E-state index in [1.807, 2.05) is 26.0 Å². The molecule has 0 heterocycles. The minimum atomic E-state index is -0.970. The maximum absolute atomic E-state index is 11.2. The van der Waals surface area contributed by atoms with Crippen LogP contribution in [0.25, 0.3) is 11.1 Å². The molecule has 0 saturated carbocycles. The summed E-state index contributed by atoms with van der Waals surface area (Å²) >= 11 is 0. The molecule has 110 valence electrons. The Kier molecular flexibility index (Phi) is 4.17. The van der Waals surface area contributed by atoms with Gasteiger partial charge in [-0.05, 0) is 49.2 Å². The van der Waals surface area contributed by atoms with Gasteiger partial charge in [-0.15, -0.1) is 0 Å². The summed E-state index contributed by atoms with van der Waals surface area (Å²) in [5.74, 6) is 0.348. The fourth-order valence-electron chi connectivity index (χ4n) is 2.47. The second kappa shape index (κ2) is 5.87. The predicted octanol–water partition coefficient (Wildman–Crippen LogP) is 3.69. The van der Waals surface area contributed by atoms with Crippen LogP contribution in [0.2, 0.25) is 0 Å². The number of carboxylic acids is 1. The standard InChI is InChI=1S/C17H18O4/c1-10-7-11(2)16(15(8-10)21-4)13-9-12(17(18)19)5-6-14(13)20-3/h5-9H,1-4H3,(H,18,19). The van der Waals surface area contributed by atoms with E-state index in [0.717, 1.165) is 16.7 Å². The van der Waals surface area contributed by atoms with Gasteiger partial charge in [0.2, 0.25) is 0 Å². The summed E-state index contributed by atoms with van der Waals surface area (Å²) in [7, 11) is 3.17. The van der Waals surface area contributed by atoms with E-state index in [-0.39, 0.29) is 5.56 Å². The highest BCUT2D eigenvalue weighted by Crippen LogP contribution is 2.40. The van der Waals surface area contributed by atoms with Gasteiger partial charge in [-0.1, -0.05) is 6.07 Å². The summed E-state index contributed by atoms with van der Waals surface area (Å²) < 4.78 is 10.8. The zero-order valence-electron chi connectivity index (χ0n) is 12.6. The van der Waals surface area contributed by atoms with Gasteiger partial charge in [-0.2, -0.15) is 0 Å². The van der Waals surface area contributed by atoms with E-state index in [2.05, 4.69) is 0 Å². The van der Waals surface area contributed by atoms with Gasteiger partial charge in [-0.3, -0.25) is 0 Å². The Hall–Kier alpha value is -2.49. The first-order chi connectivity index (χ1) is 9.97. The Labute approximate surface area is 123 Å². The summed E-state index contributed by atoms with van der Waals surface area (Å²) in [6.45, 7) is 3.96. The Morgan fingerprint density at radius 1 is 1.00 bits per heavy atom. The molecule has 0 spiro atoms. The summed E-state index contributed by atoms with van der Waals surface area (Å²) in [6.07, 6.45) is 0. The average Bonchev–Trinajstić information content (AvgIpc) is 2.45. The fourth-order valence-corrected chi connectivity index (χ4v) is 2.47. The zero-order valence-corrected chi connectivity index (χ0v) is 12.6. The quantitative estimate of drug-likeness (QED) is 0.931. The minimum Gasteiger partial charge on any atom is -0.496 e. The Morgan fingerprint density at radius 2 is 1.67 bits per heavy atom. The molecule has 0 bridgehead atoms. The highest BCUT2D eigenvalue weighted by atomic mass is 16.5. The molecule has 0 unspecified atom stereocenters. The minimum absolute atomic E-state index is 0.216. The van der Waals surface area contributed by atoms with E-state index >= 15 is 0 Å². The van der Waals surface area contributed by atoms with Crippen molar-refractivity contribution in [2.45, 2.75) is 13.8 Å². The molecule has 2 aromatic rings. The summed E-state index contributed by atoms with van der Waals surface area (Å²) in [6, 6.07) is 8.76. The first kappa shape index (κ1) is 14.9. The zero-order chi connectivity index (χ0) is 15.6. The number of carbonyl (C=O) groups is 1. The molecule has 0 amide bonds. The van der Waals surface area contributed by atoms with E-state index in [1.165, 1.54) is 6.07 Å². The molecule has 2 rings (SSSR count). The smallest absolute Gasteiger partial charge is 0.335 e. The number of carboxylic acid groups (broad SMARTS) is 1. The first-order valence-corrected chi connectivity index (χ1v) is 6.55. The Bertz CT molecular complexity index is 689. The first-order valence-electron chi connectivity index (χ1n) is 6.55. The maximum Gasteiger partial charge on any atom is 0.335 e. The van der Waals surface area contributed by atoms with Crippen LogP contribution in [0.1, 0.15) is 21.5 Å². The van der Waals surface area contributed by atoms with Gasteiger partial charge < -0.3 is 14.6 Å². The van der Waals surface area contributed by atoms with Gasteiger partial charge in [-0.25, -0.2) is 4.79 Å². The molecule has 0 radical (unpaired) electrons. The van der Waals surface area contributed by atoms with Crippen molar-refractivity contribution < 1.29 is 19.4 Å². The van der Waals surface area contributed by atoms with Crippen LogP contribution in [-0.4, -0.2) is 25.3 Å². The molecule has 4 nitrogen and oxygen atoms in total. The van der Waals surface area contributed by atoms with Gasteiger partial charge >= 0.3 is 5.97 Å². The van der Waals surface area contributed by atoms with Gasteiger partial charge in [0.05, 0.1) is 19.8 Å². The SMILES string of the molecule is COc1ccc(C(=O)O)cc1-c1c(C)cc(C)cc1OC. The van der Waals surface area contributed by atoms with Crippen LogP contribution >= 0.6 is 0 Å². The monoisotopic (exact) mass is 286 g/mol. The molecule has 0 saturated heterocycles. The van der Waals surface area contributed by atoms with Crippen LogP contribution in [0.15, 0.2) is 30.3 Å². The third-order valence-corrected chi connectivity index (χ3v) is 3.38. The molecular formula is C17H18O4. The molecule has 4 heteroatoms. The van der Waals surface area contributed by atoms with Crippen molar-refractivity contribution >= 4 is 5.97 Å². The van der Waals surface area contributed by atoms with Gasteiger partial charge in [0.1, 0.15) is 11.5 Å². The maximum atomic E-state index is 11.2. The lowest BCUT2D eigenvalue weighted by Gasteiger charge is -2.16. The number of methoxy groups -OCH3 is 2. The van der Waals surface area contributed by atoms with E-state index in [1.54, 1.807) is 26.4 Å². The van der Waals surface area contributed by atoms with Crippen LogP contribution in [0.3, 0.4) is 0 Å². The van der Waals surface area contributed by atoms with Crippen LogP contribution in [0.5, 0.6) is 11.5 Å². The van der Waals surface area contributed by atoms with Crippen molar-refractivity contribution in [2.75, 3.05) is 14.2 Å². The summed E-state index contributed by atoms with van der Waals surface area (Å²) in [4.78, 5) is 11.2. The second-order valence-electron chi connectivity index (χ2n) is 4.88. The number of aromatic carboxylic acids is 1. The molecule has 0 aliphatic carbocycles. The molecule has 2 aromatic carbocycles. The topological polar surface area (TPSA) is 55.8 Å². The van der Waals surface area contributed by atoms with E-state index in [0.29, 0.717) is 17.1 Å². The van der Waals surface area contributed by atoms with Crippen LogP contribution in [0.4, 0.5) is 0 Å². The van der Waals surface area contributed by atoms with Crippen molar-refractivity contribution in [1.29, 1.82) is 0 Å². The molecule has 0 aromatic heterocycles. The van der Waals surface area contributed by atoms with Gasteiger partial charge in [0.15, 0.2) is 0 Å². The third kappa shape index (κ3) is 2.84. The molecule has 0 aliphatic heterocycles. The van der Waals surface area contributed by atoms with E-state index < -0.39 is 5.97 Å². The summed E-state index contributed by atoms with van der Waals surface area (Å²) in [5.41, 5.74) is 3.87. The van der Waals surface area contributed by atoms with E-state index in [9.17, 15) is 9.90 Å². The van der Waals surface area contributed by atoms with E-state index in [4.69, 9.17) is 9.47 Å². The second-order valence-corrected chi connectivity index (χ2v) is 4.88. The molecule has 0 fully saturated rings. The highest BCUT2D eigenvalue weighted by molar-refractivity contribution is 5.91. The normalized spacial score (nSPS) is 10.3. The molecule has 0 aliphatic rings. The molecule has 1 N–H and O–H groups in total. The Balaban J connectivity index is 2.76. The van der Waals surface area contributed by atoms with Crippen LogP contribution in [0, 0.1) is 13.8 Å². The number of aryl methyl sites for hydroxylation is 2. The van der Waals surface area contributed by atoms with Crippen molar-refractivity contribution in [3.63, 3.8) is 0 Å². The lowest BCUT2D eigenvalue weighted by molar-refractivity contribution is 0.0697. The van der Waals surface area contributed by atoms with Gasteiger partial charge in [0, 0.05) is 11.1 Å². The Morgan fingerprint density at radius 3 is 2.24 bits per heavy atom. The lowest BCUT2D eigenvalue weighted by Crippen LogP contribution is -2.00. The van der Waals surface area contributed by atoms with Crippen molar-refractivity contribution in [2.24, 2.45) is 0 Å². The fraction of sp³-hybridized carbons (Fsp3) is 0.235. The van der Waals surface area contributed by atoms with Crippen LogP contribution in [-0.2, 0) is 0 Å². The van der Waals surface area contributed by atoms with Crippen molar-refractivity contribution in [3.05, 3.63) is 47.0 Å². The van der Waals surface area contributed by atoms with Gasteiger partial charge in [0.25, 0.3) is 0 Å². The van der Waals surface area contributed by atoms with Crippen LogP contribution < -0.4 is 9.47 Å². The average molecular weight is 286 g/mol. The lowest BCUT2D eigenvalue weighted by atomic mass is 9.95. The number of rotatable bonds is 4. The number of benzene rings is 2. The molecule has 0 atom stereocenters. The third-order valence-electron chi connectivity index (χ3n) is 3.38. The largest absolute Gasteiger partial charge is 0.496 e. The van der Waals surface area contributed by atoms with Crippen molar-refractivity contribution in [3.8, 4) is 22.6 Å². The predicted molar refractivity (Wildman–Crippen MR) is 81.4 cm³/mol. The molecular weight excluding hydrogens is 268 g/mol.